The van der Waals surface area contributed by atoms with E-state index in [0.29, 0.717) is 35.3 Å². The Bertz CT molecular complexity index is 1580. The lowest BCUT2D eigenvalue weighted by atomic mass is 9.98. The molecule has 0 spiro atoms. The summed E-state index contributed by atoms with van der Waals surface area (Å²) in [6.45, 7) is 8.92. The van der Waals surface area contributed by atoms with Crippen molar-refractivity contribution in [3.63, 3.8) is 0 Å². The Balaban J connectivity index is 1.37. The van der Waals surface area contributed by atoms with Crippen molar-refractivity contribution in [3.05, 3.63) is 96.1 Å². The summed E-state index contributed by atoms with van der Waals surface area (Å²) in [5.74, 6) is 1.61. The highest BCUT2D eigenvalue weighted by atomic mass is 32.2. The number of carbonyl (C=O) groups is 1. The minimum absolute atomic E-state index is 0.280. The molecular weight excluding hydrogens is 586 g/mol. The highest BCUT2D eigenvalue weighted by Crippen LogP contribution is 2.32. The Kier molecular flexibility index (Phi) is 13.0. The summed E-state index contributed by atoms with van der Waals surface area (Å²) in [6, 6.07) is 19.1. The molecule has 0 bridgehead atoms. The van der Waals surface area contributed by atoms with E-state index in [2.05, 4.69) is 30.2 Å². The number of hydrogen-bond acceptors (Lipinski definition) is 6. The minimum atomic E-state index is -1.22. The first-order valence-electron chi connectivity index (χ1n) is 15.4. The lowest BCUT2D eigenvalue weighted by Crippen LogP contribution is -2.08. The zero-order chi connectivity index (χ0) is 32.0. The van der Waals surface area contributed by atoms with Crippen LogP contribution in [0.4, 0.5) is 5.69 Å². The number of rotatable bonds is 17. The zero-order valence-electron chi connectivity index (χ0n) is 26.6. The first-order chi connectivity index (χ1) is 21.9. The molecule has 0 saturated heterocycles. The minimum Gasteiger partial charge on any atom is -0.496 e. The summed E-state index contributed by atoms with van der Waals surface area (Å²) in [6.07, 6.45) is 9.94. The number of benzene rings is 3. The molecule has 1 aromatic heterocycles. The van der Waals surface area contributed by atoms with E-state index in [9.17, 15) is 9.00 Å². The highest BCUT2D eigenvalue weighted by Gasteiger charge is 2.11. The van der Waals surface area contributed by atoms with Gasteiger partial charge in [-0.05, 0) is 91.1 Å². The average Bonchev–Trinajstić information content (AvgIpc) is 3.48. The number of anilines is 1. The largest absolute Gasteiger partial charge is 0.496 e. The van der Waals surface area contributed by atoms with Crippen LogP contribution in [0.15, 0.2) is 84.2 Å². The van der Waals surface area contributed by atoms with Crippen LogP contribution in [0.1, 0.15) is 49.9 Å². The van der Waals surface area contributed by atoms with Gasteiger partial charge in [0.1, 0.15) is 18.1 Å². The van der Waals surface area contributed by atoms with Gasteiger partial charge in [-0.15, -0.1) is 0 Å². The van der Waals surface area contributed by atoms with Crippen molar-refractivity contribution in [1.82, 2.24) is 9.55 Å². The van der Waals surface area contributed by atoms with Gasteiger partial charge in [0.05, 0.1) is 42.3 Å². The zero-order valence-corrected chi connectivity index (χ0v) is 27.4. The standard InChI is InChI=1S/C36H43N3O5S/c1-5-7-19-43-20-21-44-33-13-8-28(9-14-33)30-22-27(3)36(42-4)29(23-30)10-17-35(40)38-31-11-15-34(16-12-31)45(41)25-32-24-37-26-39(32)18-6-2/h8-17,22-24,26H,5-7,18-21,25H2,1-4H3,(H,38,40)/b17-10+/t45-/m1/s1. The molecule has 0 radical (unpaired) electrons. The molecule has 1 amide bonds. The first kappa shape index (κ1) is 33.7. The number of aromatic nitrogens is 2. The van der Waals surface area contributed by atoms with Crippen LogP contribution in [0, 0.1) is 6.92 Å². The van der Waals surface area contributed by atoms with E-state index in [-0.39, 0.29) is 5.91 Å². The number of unbranched alkanes of at least 4 members (excludes halogenated alkanes) is 1. The summed E-state index contributed by atoms with van der Waals surface area (Å²) in [7, 11) is 0.407. The Morgan fingerprint density at radius 3 is 2.47 bits per heavy atom. The van der Waals surface area contributed by atoms with E-state index < -0.39 is 10.8 Å². The number of imidazole rings is 1. The Morgan fingerprint density at radius 2 is 1.76 bits per heavy atom. The van der Waals surface area contributed by atoms with Gasteiger partial charge >= 0.3 is 0 Å². The fraction of sp³-hybridized carbons (Fsp3) is 0.333. The maximum Gasteiger partial charge on any atom is 0.248 e. The molecule has 238 valence electrons. The number of aryl methyl sites for hydroxylation is 2. The van der Waals surface area contributed by atoms with Crippen LogP contribution < -0.4 is 14.8 Å². The van der Waals surface area contributed by atoms with E-state index in [0.717, 1.165) is 66.1 Å². The van der Waals surface area contributed by atoms with Crippen molar-refractivity contribution in [2.24, 2.45) is 0 Å². The van der Waals surface area contributed by atoms with E-state index >= 15 is 0 Å². The van der Waals surface area contributed by atoms with E-state index in [1.807, 2.05) is 41.8 Å². The van der Waals surface area contributed by atoms with Gasteiger partial charge in [-0.2, -0.15) is 0 Å². The van der Waals surface area contributed by atoms with Gasteiger partial charge in [0.15, 0.2) is 0 Å². The molecule has 9 heteroatoms. The normalized spacial score (nSPS) is 11.9. The number of ether oxygens (including phenoxy) is 3. The number of nitrogens with zero attached hydrogens (tertiary/aromatic N) is 2. The van der Waals surface area contributed by atoms with E-state index in [1.165, 1.54) is 6.08 Å². The fourth-order valence-corrected chi connectivity index (χ4v) is 5.96. The second-order valence-electron chi connectivity index (χ2n) is 10.7. The van der Waals surface area contributed by atoms with Crippen molar-refractivity contribution in [3.8, 4) is 22.6 Å². The summed E-state index contributed by atoms with van der Waals surface area (Å²) < 4.78 is 32.0. The number of methoxy groups -OCH3 is 1. The van der Waals surface area contributed by atoms with Crippen molar-refractivity contribution in [1.29, 1.82) is 0 Å². The van der Waals surface area contributed by atoms with E-state index in [4.69, 9.17) is 14.2 Å². The van der Waals surface area contributed by atoms with Crippen molar-refractivity contribution in [2.45, 2.75) is 57.2 Å². The second-order valence-corrected chi connectivity index (χ2v) is 12.1. The Hall–Kier alpha value is -4.21. The maximum absolute atomic E-state index is 12.9. The monoisotopic (exact) mass is 629 g/mol. The number of carbonyl (C=O) groups excluding carboxylic acids is 1. The third-order valence-corrected chi connectivity index (χ3v) is 8.53. The van der Waals surface area contributed by atoms with Crippen LogP contribution in [-0.2, 0) is 32.6 Å². The molecular formula is C36H43N3O5S. The molecule has 0 aliphatic rings. The average molecular weight is 630 g/mol. The molecule has 0 aliphatic heterocycles. The highest BCUT2D eigenvalue weighted by molar-refractivity contribution is 7.84. The molecule has 1 N–H and O–H groups in total. The van der Waals surface area contributed by atoms with Crippen LogP contribution in [0.5, 0.6) is 11.5 Å². The molecule has 8 nitrogen and oxygen atoms in total. The molecule has 4 rings (SSSR count). The van der Waals surface area contributed by atoms with Crippen LogP contribution >= 0.6 is 0 Å². The lowest BCUT2D eigenvalue weighted by molar-refractivity contribution is -0.111. The molecule has 45 heavy (non-hydrogen) atoms. The maximum atomic E-state index is 12.9. The van der Waals surface area contributed by atoms with Crippen molar-refractivity contribution >= 4 is 28.5 Å². The van der Waals surface area contributed by atoms with Gasteiger partial charge < -0.3 is 24.1 Å². The van der Waals surface area contributed by atoms with Gasteiger partial charge in [-0.1, -0.05) is 32.4 Å². The third-order valence-electron chi connectivity index (χ3n) is 7.17. The van der Waals surface area contributed by atoms with Gasteiger partial charge in [0.25, 0.3) is 0 Å². The van der Waals surface area contributed by atoms with Gasteiger partial charge in [-0.3, -0.25) is 9.00 Å². The summed E-state index contributed by atoms with van der Waals surface area (Å²) in [5.41, 5.74) is 5.34. The SMILES string of the molecule is CCCCOCCOc1ccc(-c2cc(C)c(OC)c(/C=C/C(=O)Nc3ccc([S@](=O)Cc4cncn4CCC)cc3)c2)cc1. The van der Waals surface area contributed by atoms with Gasteiger partial charge in [0.2, 0.25) is 5.91 Å². The van der Waals surface area contributed by atoms with Crippen LogP contribution in [0.3, 0.4) is 0 Å². The van der Waals surface area contributed by atoms with Crippen LogP contribution in [0.25, 0.3) is 17.2 Å². The quantitative estimate of drug-likeness (QED) is 0.0965. The molecule has 0 saturated carbocycles. The summed E-state index contributed by atoms with van der Waals surface area (Å²) >= 11 is 0. The topological polar surface area (TPSA) is 91.7 Å². The molecule has 3 aromatic carbocycles. The van der Waals surface area contributed by atoms with Gasteiger partial charge in [0, 0.05) is 41.6 Å². The Morgan fingerprint density at radius 1 is 0.978 bits per heavy atom. The lowest BCUT2D eigenvalue weighted by Gasteiger charge is -2.13. The summed E-state index contributed by atoms with van der Waals surface area (Å²) in [5, 5.41) is 2.88. The molecule has 0 aliphatic carbocycles. The first-order valence-corrected chi connectivity index (χ1v) is 16.7. The summed E-state index contributed by atoms with van der Waals surface area (Å²) in [4.78, 5) is 17.7. The second kappa shape index (κ2) is 17.3. The van der Waals surface area contributed by atoms with E-state index in [1.54, 1.807) is 50.0 Å². The third kappa shape index (κ3) is 9.89. The van der Waals surface area contributed by atoms with Gasteiger partial charge in [-0.25, -0.2) is 4.98 Å². The molecule has 4 aromatic rings. The molecule has 1 heterocycles. The number of nitrogens with one attached hydrogen (secondary N) is 1. The molecule has 0 unspecified atom stereocenters. The Labute approximate surface area is 268 Å². The number of hydrogen-bond donors (Lipinski definition) is 1. The molecule has 1 atom stereocenters. The predicted octanol–water partition coefficient (Wildman–Crippen LogP) is 7.43. The fourth-order valence-electron chi connectivity index (χ4n) is 4.85. The smallest absolute Gasteiger partial charge is 0.248 e. The van der Waals surface area contributed by atoms with Crippen molar-refractivity contribution in [2.75, 3.05) is 32.2 Å². The van der Waals surface area contributed by atoms with Crippen LogP contribution in [0.2, 0.25) is 0 Å². The molecule has 0 fully saturated rings. The number of amides is 1. The van der Waals surface area contributed by atoms with Crippen molar-refractivity contribution < 1.29 is 23.2 Å². The predicted molar refractivity (Wildman–Crippen MR) is 181 cm³/mol. The van der Waals surface area contributed by atoms with Crippen LogP contribution in [-0.4, -0.2) is 46.6 Å².